The van der Waals surface area contributed by atoms with Gasteiger partial charge >= 0.3 is 12.1 Å². The number of hydrogen-bond acceptors (Lipinski definition) is 2. The fraction of sp³-hybridized carbons (Fsp3) is 0.222. The van der Waals surface area contributed by atoms with Crippen LogP contribution in [-0.4, -0.2) is 11.3 Å². The van der Waals surface area contributed by atoms with E-state index in [0.29, 0.717) is 3.57 Å². The Kier molecular flexibility index (Phi) is 2.79. The van der Waals surface area contributed by atoms with Crippen LogP contribution in [0.3, 0.4) is 0 Å². The van der Waals surface area contributed by atoms with Crippen LogP contribution >= 0.6 is 22.6 Å². The zero-order valence-corrected chi connectivity index (χ0v) is 10.0. The Morgan fingerprint density at radius 2 is 1.76 bits per heavy atom. The molecule has 1 aromatic heterocycles. The summed E-state index contributed by atoms with van der Waals surface area (Å²) in [6.07, 6.45) is -5.69. The molecule has 0 amide bonds. The van der Waals surface area contributed by atoms with E-state index >= 15 is 0 Å². The summed E-state index contributed by atoms with van der Waals surface area (Å²) in [5.41, 5.74) is -1.51. The normalized spacial score (nSPS) is 13.3. The molecular formula is C9H3F5INO. The molecule has 1 heterocycles. The third kappa shape index (κ3) is 1.98. The average Bonchev–Trinajstić information content (AvgIpc) is 2.58. The molecule has 0 fully saturated rings. The number of nitrogens with zero attached hydrogens (tertiary/aromatic N) is 1. The van der Waals surface area contributed by atoms with Crippen molar-refractivity contribution in [2.75, 3.05) is 0 Å². The third-order valence-corrected chi connectivity index (χ3v) is 2.76. The Bertz CT molecular complexity index is 562. The number of halogens is 6. The maximum Gasteiger partial charge on any atom is 0.459 e. The highest BCUT2D eigenvalue weighted by atomic mass is 127. The summed E-state index contributed by atoms with van der Waals surface area (Å²) in [5, 5.41) is 2.49. The third-order valence-electron chi connectivity index (χ3n) is 2.09. The van der Waals surface area contributed by atoms with Gasteiger partial charge in [0, 0.05) is 3.57 Å². The number of alkyl halides is 5. The van der Waals surface area contributed by atoms with Crippen molar-refractivity contribution in [2.24, 2.45) is 0 Å². The van der Waals surface area contributed by atoms with E-state index in [1.54, 1.807) is 0 Å². The van der Waals surface area contributed by atoms with Crippen molar-refractivity contribution in [3.8, 4) is 0 Å². The first-order valence-corrected chi connectivity index (χ1v) is 5.31. The fourth-order valence-electron chi connectivity index (χ4n) is 1.27. The molecule has 0 aliphatic heterocycles. The van der Waals surface area contributed by atoms with Crippen LogP contribution in [0.5, 0.6) is 0 Å². The summed E-state index contributed by atoms with van der Waals surface area (Å²) in [6, 6.07) is 3.86. The van der Waals surface area contributed by atoms with Crippen molar-refractivity contribution in [2.45, 2.75) is 12.1 Å². The number of benzene rings is 1. The zero-order valence-electron chi connectivity index (χ0n) is 7.86. The maximum absolute atomic E-state index is 13.1. The second-order valence-electron chi connectivity index (χ2n) is 3.24. The molecular weight excluding hydrogens is 360 g/mol. The van der Waals surface area contributed by atoms with Gasteiger partial charge in [-0.05, 0) is 40.8 Å². The standard InChI is InChI=1S/C9H3F5INO/c10-8(11,9(12,13)14)7-5-2-1-4(15)3-6(5)17-16-7/h1-3H. The Hall–Kier alpha value is -0.930. The molecule has 1 aromatic carbocycles. The van der Waals surface area contributed by atoms with Crippen LogP contribution in [0.4, 0.5) is 22.0 Å². The fourth-order valence-corrected chi connectivity index (χ4v) is 1.73. The average molecular weight is 363 g/mol. The van der Waals surface area contributed by atoms with Crippen LogP contribution in [0.25, 0.3) is 11.0 Å². The van der Waals surface area contributed by atoms with E-state index in [-0.39, 0.29) is 11.0 Å². The minimum absolute atomic E-state index is 0.101. The van der Waals surface area contributed by atoms with Crippen molar-refractivity contribution in [1.82, 2.24) is 5.16 Å². The quantitative estimate of drug-likeness (QED) is 0.564. The predicted octanol–water partition coefficient (Wildman–Crippen LogP) is 4.09. The van der Waals surface area contributed by atoms with Crippen LogP contribution in [0.2, 0.25) is 0 Å². The van der Waals surface area contributed by atoms with Crippen molar-refractivity contribution < 1.29 is 26.5 Å². The maximum atomic E-state index is 13.1. The number of hydrogen-bond donors (Lipinski definition) is 0. The van der Waals surface area contributed by atoms with Crippen LogP contribution in [-0.2, 0) is 5.92 Å². The Morgan fingerprint density at radius 1 is 1.12 bits per heavy atom. The van der Waals surface area contributed by atoms with Gasteiger partial charge in [0.1, 0.15) is 0 Å². The van der Waals surface area contributed by atoms with E-state index in [1.807, 2.05) is 22.6 Å². The van der Waals surface area contributed by atoms with Crippen LogP contribution < -0.4 is 0 Å². The number of aromatic nitrogens is 1. The molecule has 17 heavy (non-hydrogen) atoms. The highest BCUT2D eigenvalue weighted by Gasteiger charge is 2.61. The molecule has 0 aliphatic carbocycles. The molecule has 0 aliphatic rings. The Labute approximate surface area is 105 Å². The van der Waals surface area contributed by atoms with Crippen molar-refractivity contribution >= 4 is 33.6 Å². The Balaban J connectivity index is 2.65. The van der Waals surface area contributed by atoms with Gasteiger partial charge in [-0.25, -0.2) is 0 Å². The van der Waals surface area contributed by atoms with Crippen molar-refractivity contribution in [3.63, 3.8) is 0 Å². The van der Waals surface area contributed by atoms with E-state index in [0.717, 1.165) is 6.07 Å². The summed E-state index contributed by atoms with van der Waals surface area (Å²) >= 11 is 1.88. The summed E-state index contributed by atoms with van der Waals surface area (Å²) in [5.74, 6) is -5.02. The molecule has 0 saturated heterocycles. The smallest absolute Gasteiger partial charge is 0.356 e. The molecule has 2 aromatic rings. The second kappa shape index (κ2) is 3.79. The van der Waals surface area contributed by atoms with E-state index in [2.05, 4.69) is 9.68 Å². The van der Waals surface area contributed by atoms with E-state index in [1.165, 1.54) is 12.1 Å². The van der Waals surface area contributed by atoms with E-state index < -0.39 is 17.8 Å². The monoisotopic (exact) mass is 363 g/mol. The largest absolute Gasteiger partial charge is 0.459 e. The van der Waals surface area contributed by atoms with Gasteiger partial charge in [-0.1, -0.05) is 5.16 Å². The highest BCUT2D eigenvalue weighted by Crippen LogP contribution is 2.45. The van der Waals surface area contributed by atoms with Gasteiger partial charge in [-0.3, -0.25) is 0 Å². The zero-order chi connectivity index (χ0) is 12.8. The van der Waals surface area contributed by atoms with E-state index in [9.17, 15) is 22.0 Å². The molecule has 8 heteroatoms. The lowest BCUT2D eigenvalue weighted by Gasteiger charge is -2.16. The van der Waals surface area contributed by atoms with Crippen LogP contribution in [0.15, 0.2) is 22.7 Å². The molecule has 0 spiro atoms. The Morgan fingerprint density at radius 3 is 2.35 bits per heavy atom. The van der Waals surface area contributed by atoms with Gasteiger partial charge in [-0.15, -0.1) is 0 Å². The van der Waals surface area contributed by atoms with Crippen molar-refractivity contribution in [1.29, 1.82) is 0 Å². The van der Waals surface area contributed by atoms with Gasteiger partial charge in [0.25, 0.3) is 0 Å². The molecule has 0 radical (unpaired) electrons. The van der Waals surface area contributed by atoms with Crippen LogP contribution in [0.1, 0.15) is 5.69 Å². The van der Waals surface area contributed by atoms with Gasteiger partial charge in [-0.2, -0.15) is 22.0 Å². The molecule has 0 atom stereocenters. The number of rotatable bonds is 1. The molecule has 0 N–H and O–H groups in total. The van der Waals surface area contributed by atoms with Gasteiger partial charge in [0.15, 0.2) is 11.3 Å². The summed E-state index contributed by atoms with van der Waals surface area (Å²) in [6.45, 7) is 0. The molecule has 0 unspecified atom stereocenters. The van der Waals surface area contributed by atoms with Gasteiger partial charge in [0.05, 0.1) is 5.39 Å². The number of fused-ring (bicyclic) bond motifs is 1. The van der Waals surface area contributed by atoms with Crippen molar-refractivity contribution in [3.05, 3.63) is 27.5 Å². The first-order chi connectivity index (χ1) is 7.73. The van der Waals surface area contributed by atoms with Crippen LogP contribution in [0, 0.1) is 3.57 Å². The molecule has 2 nitrogen and oxygen atoms in total. The molecule has 2 rings (SSSR count). The minimum Gasteiger partial charge on any atom is -0.356 e. The summed E-state index contributed by atoms with van der Waals surface area (Å²) < 4.78 is 67.8. The first-order valence-electron chi connectivity index (χ1n) is 4.23. The second-order valence-corrected chi connectivity index (χ2v) is 4.49. The molecule has 92 valence electrons. The predicted molar refractivity (Wildman–Crippen MR) is 56.7 cm³/mol. The van der Waals surface area contributed by atoms with Gasteiger partial charge in [0.2, 0.25) is 0 Å². The van der Waals surface area contributed by atoms with Gasteiger partial charge < -0.3 is 4.52 Å². The summed E-state index contributed by atoms with van der Waals surface area (Å²) in [4.78, 5) is 0. The lowest BCUT2D eigenvalue weighted by Crippen LogP contribution is -2.34. The molecule has 0 bridgehead atoms. The topological polar surface area (TPSA) is 26.0 Å². The lowest BCUT2D eigenvalue weighted by molar-refractivity contribution is -0.290. The first kappa shape index (κ1) is 12.5. The summed E-state index contributed by atoms with van der Waals surface area (Å²) in [7, 11) is 0. The van der Waals surface area contributed by atoms with E-state index in [4.69, 9.17) is 0 Å². The minimum atomic E-state index is -5.69. The lowest BCUT2D eigenvalue weighted by atomic mass is 10.1. The molecule has 0 saturated carbocycles. The highest BCUT2D eigenvalue weighted by molar-refractivity contribution is 14.1. The SMILES string of the molecule is FC(F)(F)C(F)(F)c1noc2cc(I)ccc12.